The zero-order valence-electron chi connectivity index (χ0n) is 11.5. The number of hydrogen-bond donors (Lipinski definition) is 1. The highest BCUT2D eigenvalue weighted by Gasteiger charge is 2.37. The first-order chi connectivity index (χ1) is 9.05. The highest BCUT2D eigenvalue weighted by Crippen LogP contribution is 2.41. The Balaban J connectivity index is 2.16. The van der Waals surface area contributed by atoms with Crippen molar-refractivity contribution in [2.45, 2.75) is 43.9 Å². The van der Waals surface area contributed by atoms with E-state index >= 15 is 0 Å². The largest absolute Gasteiger partial charge is 0.313 e. The molecule has 1 N–H and O–H groups in total. The van der Waals surface area contributed by atoms with E-state index in [1.165, 1.54) is 18.6 Å². The van der Waals surface area contributed by atoms with Gasteiger partial charge in [-0.05, 0) is 56.2 Å². The molecule has 0 aromatic heterocycles. The normalized spacial score (nSPS) is 24.6. The number of halogens is 2. The maximum Gasteiger partial charge on any atom is 0.127 e. The molecular formula is C15H21BrFNS. The van der Waals surface area contributed by atoms with E-state index in [0.29, 0.717) is 6.04 Å². The van der Waals surface area contributed by atoms with Crippen LogP contribution in [0, 0.1) is 5.82 Å². The molecule has 0 radical (unpaired) electrons. The molecule has 2 atom stereocenters. The van der Waals surface area contributed by atoms with Crippen molar-refractivity contribution >= 4 is 27.7 Å². The zero-order valence-corrected chi connectivity index (χ0v) is 13.9. The molecule has 1 aromatic rings. The van der Waals surface area contributed by atoms with E-state index in [2.05, 4.69) is 35.1 Å². The molecule has 0 amide bonds. The van der Waals surface area contributed by atoms with E-state index in [0.717, 1.165) is 23.0 Å². The Kier molecular flexibility index (Phi) is 5.32. The number of likely N-dealkylation sites (N-methyl/N-ethyl adjacent to an activating group) is 1. The molecular weight excluding hydrogens is 325 g/mol. The molecule has 1 aliphatic heterocycles. The molecule has 19 heavy (non-hydrogen) atoms. The quantitative estimate of drug-likeness (QED) is 0.848. The Morgan fingerprint density at radius 1 is 1.53 bits per heavy atom. The summed E-state index contributed by atoms with van der Waals surface area (Å²) in [5, 5.41) is 3.56. The van der Waals surface area contributed by atoms with E-state index in [-0.39, 0.29) is 10.6 Å². The van der Waals surface area contributed by atoms with Gasteiger partial charge in [-0.25, -0.2) is 4.39 Å². The van der Waals surface area contributed by atoms with E-state index in [1.807, 2.05) is 23.9 Å². The van der Waals surface area contributed by atoms with Gasteiger partial charge in [0, 0.05) is 15.3 Å². The molecule has 1 heterocycles. The van der Waals surface area contributed by atoms with Gasteiger partial charge in [-0.1, -0.05) is 28.9 Å². The summed E-state index contributed by atoms with van der Waals surface area (Å²) in [5.74, 6) is 1.12. The van der Waals surface area contributed by atoms with Crippen LogP contribution in [0.2, 0.25) is 0 Å². The molecule has 1 fully saturated rings. The monoisotopic (exact) mass is 345 g/mol. The molecule has 0 saturated carbocycles. The van der Waals surface area contributed by atoms with Crippen molar-refractivity contribution in [2.24, 2.45) is 0 Å². The van der Waals surface area contributed by atoms with Crippen molar-refractivity contribution in [2.75, 3.05) is 12.3 Å². The molecule has 1 aliphatic rings. The van der Waals surface area contributed by atoms with Gasteiger partial charge in [0.2, 0.25) is 0 Å². The fourth-order valence-electron chi connectivity index (χ4n) is 2.73. The van der Waals surface area contributed by atoms with Gasteiger partial charge < -0.3 is 5.32 Å². The summed E-state index contributed by atoms with van der Waals surface area (Å²) in [7, 11) is 0. The Bertz CT molecular complexity index is 432. The van der Waals surface area contributed by atoms with Crippen molar-refractivity contribution in [3.05, 3.63) is 34.1 Å². The highest BCUT2D eigenvalue weighted by molar-refractivity contribution is 9.10. The lowest BCUT2D eigenvalue weighted by Crippen LogP contribution is -2.46. The van der Waals surface area contributed by atoms with Gasteiger partial charge in [-0.3, -0.25) is 0 Å². The predicted octanol–water partition coefficient (Wildman–Crippen LogP) is 4.39. The van der Waals surface area contributed by atoms with Gasteiger partial charge in [0.15, 0.2) is 0 Å². The Labute approximate surface area is 127 Å². The molecule has 1 aromatic carbocycles. The molecule has 1 saturated heterocycles. The van der Waals surface area contributed by atoms with Gasteiger partial charge in [-0.15, -0.1) is 0 Å². The van der Waals surface area contributed by atoms with Crippen LogP contribution in [-0.4, -0.2) is 23.1 Å². The van der Waals surface area contributed by atoms with Gasteiger partial charge in [-0.2, -0.15) is 11.8 Å². The number of benzene rings is 1. The van der Waals surface area contributed by atoms with Crippen molar-refractivity contribution in [3.8, 4) is 0 Å². The topological polar surface area (TPSA) is 12.0 Å². The van der Waals surface area contributed by atoms with Crippen molar-refractivity contribution in [1.82, 2.24) is 5.32 Å². The number of hydrogen-bond acceptors (Lipinski definition) is 2. The van der Waals surface area contributed by atoms with Crippen LogP contribution in [0.5, 0.6) is 0 Å². The van der Waals surface area contributed by atoms with Crippen LogP contribution in [0.15, 0.2) is 22.7 Å². The SMILES string of the molecule is CCNC(Cc1ccc(Br)cc1F)C1(C)CCCS1. The van der Waals surface area contributed by atoms with Crippen molar-refractivity contribution in [3.63, 3.8) is 0 Å². The highest BCUT2D eigenvalue weighted by atomic mass is 79.9. The summed E-state index contributed by atoms with van der Waals surface area (Å²) in [6.45, 7) is 5.36. The van der Waals surface area contributed by atoms with Crippen LogP contribution in [0.3, 0.4) is 0 Å². The lowest BCUT2D eigenvalue weighted by molar-refractivity contribution is 0.401. The maximum absolute atomic E-state index is 14.0. The fourth-order valence-corrected chi connectivity index (χ4v) is 4.48. The summed E-state index contributed by atoms with van der Waals surface area (Å²) in [6, 6.07) is 5.71. The Morgan fingerprint density at radius 3 is 2.89 bits per heavy atom. The number of rotatable bonds is 5. The first kappa shape index (κ1) is 15.3. The number of nitrogens with one attached hydrogen (secondary N) is 1. The predicted molar refractivity (Wildman–Crippen MR) is 85.4 cm³/mol. The fraction of sp³-hybridized carbons (Fsp3) is 0.600. The van der Waals surface area contributed by atoms with E-state index in [9.17, 15) is 4.39 Å². The second-order valence-electron chi connectivity index (χ2n) is 5.31. The standard InChI is InChI=1S/C15H21BrFNS/c1-3-18-14(15(2)7-4-8-19-15)9-11-5-6-12(16)10-13(11)17/h5-6,10,14,18H,3-4,7-9H2,1-2H3. The third-order valence-electron chi connectivity index (χ3n) is 3.88. The zero-order chi connectivity index (χ0) is 13.9. The first-order valence-corrected chi connectivity index (χ1v) is 8.64. The van der Waals surface area contributed by atoms with Gasteiger partial charge in [0.25, 0.3) is 0 Å². The molecule has 0 bridgehead atoms. The molecule has 4 heteroatoms. The van der Waals surface area contributed by atoms with Crippen LogP contribution in [-0.2, 0) is 6.42 Å². The smallest absolute Gasteiger partial charge is 0.127 e. The van der Waals surface area contributed by atoms with E-state index in [4.69, 9.17) is 0 Å². The lowest BCUT2D eigenvalue weighted by atomic mass is 9.90. The summed E-state index contributed by atoms with van der Waals surface area (Å²) in [4.78, 5) is 0. The molecule has 2 rings (SSSR count). The molecule has 0 aliphatic carbocycles. The molecule has 2 unspecified atom stereocenters. The Hall–Kier alpha value is -0.0600. The minimum absolute atomic E-state index is 0.108. The average molecular weight is 346 g/mol. The second kappa shape index (κ2) is 6.59. The van der Waals surface area contributed by atoms with Crippen LogP contribution < -0.4 is 5.32 Å². The third-order valence-corrected chi connectivity index (χ3v) is 6.01. The van der Waals surface area contributed by atoms with E-state index in [1.54, 1.807) is 6.07 Å². The maximum atomic E-state index is 14.0. The van der Waals surface area contributed by atoms with Crippen LogP contribution in [0.25, 0.3) is 0 Å². The van der Waals surface area contributed by atoms with Crippen LogP contribution in [0.4, 0.5) is 4.39 Å². The van der Waals surface area contributed by atoms with Gasteiger partial charge >= 0.3 is 0 Å². The van der Waals surface area contributed by atoms with Gasteiger partial charge in [0.05, 0.1) is 0 Å². The van der Waals surface area contributed by atoms with Crippen LogP contribution in [0.1, 0.15) is 32.3 Å². The molecule has 0 spiro atoms. The summed E-state index contributed by atoms with van der Waals surface area (Å²) >= 11 is 5.34. The minimum Gasteiger partial charge on any atom is -0.313 e. The summed E-state index contributed by atoms with van der Waals surface area (Å²) in [5.41, 5.74) is 0.808. The third kappa shape index (κ3) is 3.73. The molecule has 106 valence electrons. The summed E-state index contributed by atoms with van der Waals surface area (Å²) < 4.78 is 15.0. The van der Waals surface area contributed by atoms with E-state index < -0.39 is 0 Å². The second-order valence-corrected chi connectivity index (χ2v) is 7.86. The molecule has 1 nitrogen and oxygen atoms in total. The number of thioether (sulfide) groups is 1. The van der Waals surface area contributed by atoms with Crippen LogP contribution >= 0.6 is 27.7 Å². The van der Waals surface area contributed by atoms with Gasteiger partial charge in [0.1, 0.15) is 5.82 Å². The first-order valence-electron chi connectivity index (χ1n) is 6.86. The minimum atomic E-state index is -0.108. The summed E-state index contributed by atoms with van der Waals surface area (Å²) in [6.07, 6.45) is 3.25. The van der Waals surface area contributed by atoms with Crippen molar-refractivity contribution < 1.29 is 4.39 Å². The Morgan fingerprint density at radius 2 is 2.32 bits per heavy atom. The van der Waals surface area contributed by atoms with Crippen molar-refractivity contribution in [1.29, 1.82) is 0 Å². The average Bonchev–Trinajstić information content (AvgIpc) is 2.80. The lowest BCUT2D eigenvalue weighted by Gasteiger charge is -2.34.